The lowest BCUT2D eigenvalue weighted by Gasteiger charge is -2.26. The zero-order valence-corrected chi connectivity index (χ0v) is 14.0. The molecule has 3 rings (SSSR count). The summed E-state index contributed by atoms with van der Waals surface area (Å²) in [6.07, 6.45) is 4.82. The molecule has 1 aliphatic rings. The molecule has 2 heterocycles. The Morgan fingerprint density at radius 1 is 1.17 bits per heavy atom. The molecule has 0 spiro atoms. The third kappa shape index (κ3) is 4.14. The summed E-state index contributed by atoms with van der Waals surface area (Å²) < 4.78 is 5.13. The highest BCUT2D eigenvalue weighted by Crippen LogP contribution is 2.19. The van der Waals surface area contributed by atoms with Crippen molar-refractivity contribution in [1.29, 1.82) is 0 Å². The number of aliphatic hydroxyl groups is 1. The zero-order valence-electron chi connectivity index (χ0n) is 14.0. The normalized spacial score (nSPS) is 15.8. The van der Waals surface area contributed by atoms with Gasteiger partial charge in [-0.05, 0) is 43.0 Å². The molecule has 1 aromatic heterocycles. The molecule has 0 saturated carbocycles. The van der Waals surface area contributed by atoms with Gasteiger partial charge in [-0.15, -0.1) is 0 Å². The van der Waals surface area contributed by atoms with Gasteiger partial charge in [-0.3, -0.25) is 0 Å². The number of anilines is 2. The van der Waals surface area contributed by atoms with Crippen molar-refractivity contribution in [1.82, 2.24) is 9.97 Å². The second kappa shape index (κ2) is 7.97. The largest absolute Gasteiger partial charge is 0.497 e. The average molecular weight is 328 g/mol. The molecule has 1 saturated heterocycles. The number of benzene rings is 1. The molecular weight excluding hydrogens is 304 g/mol. The van der Waals surface area contributed by atoms with E-state index >= 15 is 0 Å². The van der Waals surface area contributed by atoms with E-state index in [1.54, 1.807) is 13.3 Å². The molecule has 1 atom stereocenters. The van der Waals surface area contributed by atoms with Gasteiger partial charge in [0.25, 0.3) is 0 Å². The van der Waals surface area contributed by atoms with Crippen LogP contribution in [0.25, 0.3) is 0 Å². The monoisotopic (exact) mass is 328 g/mol. The Balaban J connectivity index is 1.59. The minimum Gasteiger partial charge on any atom is -0.497 e. The highest BCUT2D eigenvalue weighted by atomic mass is 16.5. The van der Waals surface area contributed by atoms with Crippen molar-refractivity contribution >= 4 is 11.8 Å². The Bertz CT molecular complexity index is 642. The van der Waals surface area contributed by atoms with Crippen molar-refractivity contribution in [3.8, 4) is 5.75 Å². The summed E-state index contributed by atoms with van der Waals surface area (Å²) in [5.41, 5.74) is 0.841. The summed E-state index contributed by atoms with van der Waals surface area (Å²) in [5.74, 6) is 2.28. The molecule has 0 aliphatic carbocycles. The number of rotatable bonds is 6. The molecule has 2 aromatic rings. The highest BCUT2D eigenvalue weighted by Gasteiger charge is 2.14. The Kier molecular flexibility index (Phi) is 5.48. The van der Waals surface area contributed by atoms with E-state index in [4.69, 9.17) is 4.74 Å². The maximum Gasteiger partial charge on any atom is 0.227 e. The van der Waals surface area contributed by atoms with Crippen molar-refractivity contribution in [3.63, 3.8) is 0 Å². The number of hydrogen-bond acceptors (Lipinski definition) is 6. The number of nitrogens with zero attached hydrogens (tertiary/aromatic N) is 3. The number of aliphatic hydroxyl groups excluding tert-OH is 1. The molecule has 128 valence electrons. The van der Waals surface area contributed by atoms with E-state index in [1.165, 1.54) is 19.3 Å². The van der Waals surface area contributed by atoms with E-state index in [1.807, 2.05) is 30.3 Å². The standard InChI is InChI=1S/C18H24N4O2/c1-24-15-7-5-14(6-8-15)16(23)13-20-17-9-10-19-18(21-17)22-11-3-2-4-12-22/h5-10,16,23H,2-4,11-13H2,1H3,(H,19,20,21). The number of piperidine rings is 1. The first-order chi connectivity index (χ1) is 11.8. The topological polar surface area (TPSA) is 70.5 Å². The quantitative estimate of drug-likeness (QED) is 0.849. The molecule has 6 heteroatoms. The van der Waals surface area contributed by atoms with Crippen LogP contribution in [0, 0.1) is 0 Å². The lowest BCUT2D eigenvalue weighted by atomic mass is 10.1. The summed E-state index contributed by atoms with van der Waals surface area (Å²) in [4.78, 5) is 11.1. The van der Waals surface area contributed by atoms with E-state index in [0.29, 0.717) is 6.54 Å². The van der Waals surface area contributed by atoms with Gasteiger partial charge in [-0.2, -0.15) is 4.98 Å². The number of methoxy groups -OCH3 is 1. The molecule has 1 unspecified atom stereocenters. The van der Waals surface area contributed by atoms with Crippen LogP contribution in [0.1, 0.15) is 30.9 Å². The summed E-state index contributed by atoms with van der Waals surface area (Å²) in [6.45, 7) is 2.42. The fourth-order valence-corrected chi connectivity index (χ4v) is 2.84. The summed E-state index contributed by atoms with van der Waals surface area (Å²) in [7, 11) is 1.63. The van der Waals surface area contributed by atoms with Gasteiger partial charge >= 0.3 is 0 Å². The number of aromatic nitrogens is 2. The first-order valence-electron chi connectivity index (χ1n) is 8.40. The number of nitrogens with one attached hydrogen (secondary N) is 1. The third-order valence-electron chi connectivity index (χ3n) is 4.26. The highest BCUT2D eigenvalue weighted by molar-refractivity contribution is 5.42. The van der Waals surface area contributed by atoms with Crippen LogP contribution in [0.3, 0.4) is 0 Å². The summed E-state index contributed by atoms with van der Waals surface area (Å²) >= 11 is 0. The van der Waals surface area contributed by atoms with Gasteiger partial charge < -0.3 is 20.1 Å². The fraction of sp³-hybridized carbons (Fsp3) is 0.444. The van der Waals surface area contributed by atoms with Crippen LogP contribution in [-0.4, -0.2) is 41.8 Å². The van der Waals surface area contributed by atoms with E-state index < -0.39 is 6.10 Å². The Morgan fingerprint density at radius 3 is 2.62 bits per heavy atom. The molecule has 2 N–H and O–H groups in total. The molecule has 1 aromatic carbocycles. The number of ether oxygens (including phenoxy) is 1. The second-order valence-electron chi connectivity index (χ2n) is 5.96. The summed E-state index contributed by atoms with van der Waals surface area (Å²) in [6, 6.07) is 9.25. The molecule has 0 amide bonds. The molecule has 24 heavy (non-hydrogen) atoms. The van der Waals surface area contributed by atoms with Crippen LogP contribution >= 0.6 is 0 Å². The van der Waals surface area contributed by atoms with E-state index in [-0.39, 0.29) is 0 Å². The predicted molar refractivity (Wildman–Crippen MR) is 94.5 cm³/mol. The van der Waals surface area contributed by atoms with Crippen LogP contribution < -0.4 is 15.0 Å². The van der Waals surface area contributed by atoms with Crippen LogP contribution in [-0.2, 0) is 0 Å². The van der Waals surface area contributed by atoms with Crippen LogP contribution in [0.4, 0.5) is 11.8 Å². The molecule has 6 nitrogen and oxygen atoms in total. The van der Waals surface area contributed by atoms with Gasteiger partial charge in [0.15, 0.2) is 0 Å². The fourth-order valence-electron chi connectivity index (χ4n) is 2.84. The Morgan fingerprint density at radius 2 is 1.92 bits per heavy atom. The van der Waals surface area contributed by atoms with Gasteiger partial charge in [0.05, 0.1) is 13.2 Å². The third-order valence-corrected chi connectivity index (χ3v) is 4.26. The first kappa shape index (κ1) is 16.5. The van der Waals surface area contributed by atoms with E-state index in [2.05, 4.69) is 20.2 Å². The van der Waals surface area contributed by atoms with Crippen molar-refractivity contribution in [2.75, 3.05) is 37.0 Å². The van der Waals surface area contributed by atoms with E-state index in [0.717, 1.165) is 36.2 Å². The minimum absolute atomic E-state index is 0.392. The maximum absolute atomic E-state index is 10.3. The van der Waals surface area contributed by atoms with Gasteiger partial charge in [0, 0.05) is 25.8 Å². The average Bonchev–Trinajstić information content (AvgIpc) is 2.67. The summed E-state index contributed by atoms with van der Waals surface area (Å²) in [5, 5.41) is 13.5. The molecular formula is C18H24N4O2. The molecule has 0 bridgehead atoms. The van der Waals surface area contributed by atoms with Gasteiger partial charge in [0.2, 0.25) is 5.95 Å². The second-order valence-corrected chi connectivity index (χ2v) is 5.96. The van der Waals surface area contributed by atoms with Crippen molar-refractivity contribution in [2.24, 2.45) is 0 Å². The molecule has 0 radical (unpaired) electrons. The van der Waals surface area contributed by atoms with Crippen LogP contribution in [0.15, 0.2) is 36.5 Å². The zero-order chi connectivity index (χ0) is 16.8. The lowest BCUT2D eigenvalue weighted by molar-refractivity contribution is 0.191. The Hall–Kier alpha value is -2.34. The molecule has 1 aliphatic heterocycles. The Labute approximate surface area is 142 Å². The van der Waals surface area contributed by atoms with Gasteiger partial charge in [0.1, 0.15) is 11.6 Å². The minimum atomic E-state index is -0.607. The van der Waals surface area contributed by atoms with Crippen molar-refractivity contribution < 1.29 is 9.84 Å². The molecule has 1 fully saturated rings. The SMILES string of the molecule is COc1ccc(C(O)CNc2ccnc(N3CCCCC3)n2)cc1. The van der Waals surface area contributed by atoms with Gasteiger partial charge in [-0.1, -0.05) is 12.1 Å². The smallest absolute Gasteiger partial charge is 0.227 e. The van der Waals surface area contributed by atoms with Gasteiger partial charge in [-0.25, -0.2) is 4.98 Å². The van der Waals surface area contributed by atoms with Crippen molar-refractivity contribution in [3.05, 3.63) is 42.1 Å². The number of hydrogen-bond donors (Lipinski definition) is 2. The first-order valence-corrected chi connectivity index (χ1v) is 8.40. The van der Waals surface area contributed by atoms with Crippen LogP contribution in [0.5, 0.6) is 5.75 Å². The maximum atomic E-state index is 10.3. The van der Waals surface area contributed by atoms with Crippen molar-refractivity contribution in [2.45, 2.75) is 25.4 Å². The van der Waals surface area contributed by atoms with Crippen LogP contribution in [0.2, 0.25) is 0 Å². The van der Waals surface area contributed by atoms with E-state index in [9.17, 15) is 5.11 Å². The predicted octanol–water partition coefficient (Wildman–Crippen LogP) is 2.62. The lowest BCUT2D eigenvalue weighted by Crippen LogP contribution is -2.31.